The fourth-order valence-electron chi connectivity index (χ4n) is 3.02. The van der Waals surface area contributed by atoms with Gasteiger partial charge in [0.25, 0.3) is 5.52 Å². The molecule has 0 atom stereocenters. The number of oxazole rings is 1. The van der Waals surface area contributed by atoms with Crippen molar-refractivity contribution in [2.75, 3.05) is 34.2 Å². The summed E-state index contributed by atoms with van der Waals surface area (Å²) in [5.74, 6) is 0.935. The molecule has 4 nitrogen and oxygen atoms in total. The zero-order valence-corrected chi connectivity index (χ0v) is 21.3. The number of halogens is 2. The van der Waals surface area contributed by atoms with E-state index in [0.29, 0.717) is 0 Å². The van der Waals surface area contributed by atoms with E-state index in [4.69, 9.17) is 4.42 Å². The Balaban J connectivity index is 0.00000196. The molecule has 0 saturated carbocycles. The summed E-state index contributed by atoms with van der Waals surface area (Å²) in [6, 6.07) is 8.10. The Kier molecular flexibility index (Phi) is 9.97. The van der Waals surface area contributed by atoms with Crippen LogP contribution in [0.1, 0.15) is 12.3 Å². The van der Waals surface area contributed by atoms with Crippen LogP contribution in [0.2, 0.25) is 0 Å². The second-order valence-corrected chi connectivity index (χ2v) is 7.77. The molecule has 0 N–H and O–H groups in total. The molecule has 0 aliphatic carbocycles. The minimum Gasteiger partial charge on any atom is -1.00 e. The van der Waals surface area contributed by atoms with Gasteiger partial charge in [-0.1, -0.05) is 12.1 Å². The lowest BCUT2D eigenvalue weighted by molar-refractivity contribution is -0.870. The highest BCUT2D eigenvalue weighted by Crippen LogP contribution is 2.13. The van der Waals surface area contributed by atoms with Crippen LogP contribution in [0.5, 0.6) is 0 Å². The van der Waals surface area contributed by atoms with E-state index in [1.54, 1.807) is 0 Å². The van der Waals surface area contributed by atoms with Crippen LogP contribution in [0.3, 0.4) is 0 Å². The maximum absolute atomic E-state index is 5.91. The van der Waals surface area contributed by atoms with Crippen molar-refractivity contribution in [1.82, 2.24) is 4.90 Å². The third kappa shape index (κ3) is 7.06. The zero-order valence-electron chi connectivity index (χ0n) is 17.0. The van der Waals surface area contributed by atoms with Gasteiger partial charge in [-0.15, -0.1) is 5.73 Å². The zero-order chi connectivity index (χ0) is 18.6. The first-order valence-electron chi connectivity index (χ1n) is 9.17. The lowest BCUT2D eigenvalue weighted by atomic mass is 10.2. The summed E-state index contributed by atoms with van der Waals surface area (Å²) >= 11 is 0. The lowest BCUT2D eigenvalue weighted by Crippen LogP contribution is -3.00. The van der Waals surface area contributed by atoms with Gasteiger partial charge >= 0.3 is 5.89 Å². The van der Waals surface area contributed by atoms with E-state index in [1.165, 1.54) is 13.0 Å². The van der Waals surface area contributed by atoms with Crippen LogP contribution < -0.4 is 52.5 Å². The average Bonchev–Trinajstić information content (AvgIpc) is 2.92. The number of allylic oxidation sites excluding steroid dienone is 3. The van der Waals surface area contributed by atoms with E-state index in [-0.39, 0.29) is 48.0 Å². The number of quaternary nitrogens is 1. The molecule has 1 aliphatic rings. The number of para-hydroxylation sites is 2. The first-order valence-corrected chi connectivity index (χ1v) is 9.17. The highest BCUT2D eigenvalue weighted by molar-refractivity contribution is 5.68. The molecule has 0 fully saturated rings. The molecule has 1 aromatic heterocycles. The van der Waals surface area contributed by atoms with E-state index >= 15 is 0 Å². The van der Waals surface area contributed by atoms with Gasteiger partial charge in [0.05, 0.1) is 34.1 Å². The number of hydrogen-bond donors (Lipinski definition) is 0. The predicted molar refractivity (Wildman–Crippen MR) is 105 cm³/mol. The van der Waals surface area contributed by atoms with Gasteiger partial charge in [0, 0.05) is 37.0 Å². The quantitative estimate of drug-likeness (QED) is 0.155. The summed E-state index contributed by atoms with van der Waals surface area (Å²) in [6.45, 7) is 2.23. The standard InChI is InChI=1S/C22H29N3O.2HI/c1-23-20-10-5-6-11-21(20)26-22(23)12-7-9-19-13-16-24(17-14-19)15-8-18-25(2,3)4;;/h5-7,10-11,13-14,16-17H,8,12,15,18H2,1-4H3;2*1H/q+2;;/p-2. The molecular weight excluding hydrogens is 576 g/mol. The molecule has 2 aromatic rings. The Morgan fingerprint density at radius 3 is 2.43 bits per heavy atom. The molecule has 1 aromatic carbocycles. The van der Waals surface area contributed by atoms with Gasteiger partial charge < -0.3 is 61.8 Å². The average molecular weight is 605 g/mol. The number of hydrogen-bond acceptors (Lipinski definition) is 2. The molecule has 2 heterocycles. The van der Waals surface area contributed by atoms with Crippen LogP contribution in [-0.2, 0) is 13.5 Å². The highest BCUT2D eigenvalue weighted by Gasteiger charge is 2.16. The smallest absolute Gasteiger partial charge is 0.352 e. The van der Waals surface area contributed by atoms with Crippen LogP contribution in [-0.4, -0.2) is 43.6 Å². The van der Waals surface area contributed by atoms with Crippen molar-refractivity contribution in [1.29, 1.82) is 0 Å². The predicted octanol–water partition coefficient (Wildman–Crippen LogP) is -2.67. The van der Waals surface area contributed by atoms with Crippen molar-refractivity contribution < 1.29 is 61.4 Å². The molecule has 0 spiro atoms. The molecule has 0 amide bonds. The number of rotatable bonds is 6. The molecule has 152 valence electrons. The normalized spacial score (nSPS) is 13.1. The Morgan fingerprint density at radius 1 is 1.11 bits per heavy atom. The Labute approximate surface area is 202 Å². The minimum atomic E-state index is 0. The van der Waals surface area contributed by atoms with Gasteiger partial charge in [-0.25, -0.2) is 0 Å². The molecule has 1 aliphatic heterocycles. The van der Waals surface area contributed by atoms with Crippen molar-refractivity contribution >= 4 is 11.1 Å². The maximum Gasteiger partial charge on any atom is 0.352 e. The van der Waals surface area contributed by atoms with Crippen LogP contribution >= 0.6 is 0 Å². The summed E-state index contributed by atoms with van der Waals surface area (Å²) in [4.78, 5) is 2.24. The summed E-state index contributed by atoms with van der Waals surface area (Å²) in [7, 11) is 8.73. The summed E-state index contributed by atoms with van der Waals surface area (Å²) in [6.07, 6.45) is 12.4. The maximum atomic E-state index is 5.91. The van der Waals surface area contributed by atoms with Gasteiger partial charge in [-0.05, 0) is 24.3 Å². The molecule has 6 heteroatoms. The Hall–Kier alpha value is -1.09. The number of nitrogens with zero attached hydrogens (tertiary/aromatic N) is 3. The van der Waals surface area contributed by atoms with Gasteiger partial charge in [0.2, 0.25) is 5.58 Å². The molecule has 28 heavy (non-hydrogen) atoms. The van der Waals surface area contributed by atoms with Crippen LogP contribution in [0.15, 0.2) is 70.6 Å². The van der Waals surface area contributed by atoms with E-state index in [2.05, 4.69) is 67.0 Å². The largest absolute Gasteiger partial charge is 1.00 e. The number of aromatic nitrogens is 1. The second-order valence-electron chi connectivity index (χ2n) is 7.77. The first-order chi connectivity index (χ1) is 12.4. The molecule has 0 saturated heterocycles. The van der Waals surface area contributed by atoms with Gasteiger partial charge in [0.15, 0.2) is 0 Å². The minimum absolute atomic E-state index is 0. The number of aryl methyl sites for hydroxylation is 1. The van der Waals surface area contributed by atoms with E-state index in [0.717, 1.165) is 40.0 Å². The van der Waals surface area contributed by atoms with Crippen molar-refractivity contribution in [3.8, 4) is 0 Å². The molecule has 0 unspecified atom stereocenters. The van der Waals surface area contributed by atoms with Crippen molar-refractivity contribution in [2.45, 2.75) is 12.8 Å². The van der Waals surface area contributed by atoms with E-state index in [9.17, 15) is 0 Å². The van der Waals surface area contributed by atoms with Crippen molar-refractivity contribution in [3.05, 3.63) is 72.1 Å². The second kappa shape index (κ2) is 11.2. The van der Waals surface area contributed by atoms with Gasteiger partial charge in [-0.3, -0.25) is 0 Å². The molecule has 3 rings (SSSR count). The van der Waals surface area contributed by atoms with Crippen LogP contribution in [0.25, 0.3) is 11.1 Å². The highest BCUT2D eigenvalue weighted by atomic mass is 127. The van der Waals surface area contributed by atoms with Crippen molar-refractivity contribution in [2.24, 2.45) is 7.05 Å². The number of fused-ring (bicyclic) bond motifs is 1. The molecule has 0 radical (unpaired) electrons. The van der Waals surface area contributed by atoms with E-state index in [1.807, 2.05) is 31.3 Å². The van der Waals surface area contributed by atoms with Crippen LogP contribution in [0, 0.1) is 0 Å². The van der Waals surface area contributed by atoms with Crippen LogP contribution in [0.4, 0.5) is 0 Å². The third-order valence-electron chi connectivity index (χ3n) is 4.51. The lowest BCUT2D eigenvalue weighted by Gasteiger charge is -2.25. The van der Waals surface area contributed by atoms with Gasteiger partial charge in [-0.2, -0.15) is 4.57 Å². The van der Waals surface area contributed by atoms with Crippen molar-refractivity contribution in [3.63, 3.8) is 0 Å². The monoisotopic (exact) mass is 605 g/mol. The number of benzene rings is 1. The molecule has 0 bridgehead atoms. The summed E-state index contributed by atoms with van der Waals surface area (Å²) in [5.41, 5.74) is 6.49. The third-order valence-corrected chi connectivity index (χ3v) is 4.51. The summed E-state index contributed by atoms with van der Waals surface area (Å²) in [5, 5.41) is 0. The topological polar surface area (TPSA) is 20.3 Å². The Morgan fingerprint density at radius 2 is 1.79 bits per heavy atom. The summed E-state index contributed by atoms with van der Waals surface area (Å²) < 4.78 is 9.02. The molecular formula is C22H29I2N3O. The fourth-order valence-corrected chi connectivity index (χ4v) is 3.02. The first kappa shape index (κ1) is 24.9. The fraction of sp³-hybridized carbons (Fsp3) is 0.364. The van der Waals surface area contributed by atoms with E-state index < -0.39 is 0 Å². The Bertz CT molecular complexity index is 884. The van der Waals surface area contributed by atoms with Gasteiger partial charge in [0.1, 0.15) is 7.05 Å². The SMILES string of the molecule is C[n+]1c(CC=C=C2C=CN(CCC[N+](C)(C)C)C=C2)oc2ccccc21.[I-].[I-].